The van der Waals surface area contributed by atoms with Crippen LogP contribution < -0.4 is 4.74 Å². The van der Waals surface area contributed by atoms with Gasteiger partial charge in [0.1, 0.15) is 17.5 Å². The lowest BCUT2D eigenvalue weighted by atomic mass is 10.1. The summed E-state index contributed by atoms with van der Waals surface area (Å²) in [6, 6.07) is 17.1. The van der Waals surface area contributed by atoms with E-state index in [-0.39, 0.29) is 12.0 Å². The number of rotatable bonds is 5. The van der Waals surface area contributed by atoms with Crippen LogP contribution in [0.5, 0.6) is 5.75 Å². The van der Waals surface area contributed by atoms with Gasteiger partial charge < -0.3 is 14.2 Å². The molecule has 0 radical (unpaired) electrons. The van der Waals surface area contributed by atoms with E-state index in [4.69, 9.17) is 9.26 Å². The number of aromatic nitrogens is 4. The molecule has 0 unspecified atom stereocenters. The summed E-state index contributed by atoms with van der Waals surface area (Å²) >= 11 is 0. The number of nitrogens with zero attached hydrogens (tertiary/aromatic N) is 5. The number of para-hydroxylation sites is 1. The fraction of sp³-hybridized carbons (Fsp3) is 0.174. The molecule has 2 aromatic heterocycles. The van der Waals surface area contributed by atoms with Crippen molar-refractivity contribution in [1.82, 2.24) is 25.0 Å². The lowest BCUT2D eigenvalue weighted by Crippen LogP contribution is -2.56. The Morgan fingerprint density at radius 2 is 1.81 bits per heavy atom. The minimum absolute atomic E-state index is 0.125. The topological polar surface area (TPSA) is 94.2 Å². The first-order valence-electron chi connectivity index (χ1n) is 9.90. The van der Waals surface area contributed by atoms with Crippen molar-refractivity contribution in [2.24, 2.45) is 0 Å². The fourth-order valence-corrected chi connectivity index (χ4v) is 3.31. The number of carbonyl (C=O) groups is 1. The molecular weight excluding hydrogens is 394 g/mol. The van der Waals surface area contributed by atoms with Crippen LogP contribution in [0.4, 0.5) is 0 Å². The highest BCUT2D eigenvalue weighted by Gasteiger charge is 2.34. The second kappa shape index (κ2) is 7.98. The van der Waals surface area contributed by atoms with Gasteiger partial charge in [-0.25, -0.2) is 4.98 Å². The van der Waals surface area contributed by atoms with Gasteiger partial charge in [0.15, 0.2) is 0 Å². The molecule has 0 saturated carbocycles. The maximum absolute atomic E-state index is 12.5. The normalized spacial score (nSPS) is 13.6. The Morgan fingerprint density at radius 3 is 2.58 bits per heavy atom. The minimum Gasteiger partial charge on any atom is -0.486 e. The zero-order valence-electron chi connectivity index (χ0n) is 16.8. The molecule has 8 heteroatoms. The molecule has 1 amide bonds. The zero-order valence-corrected chi connectivity index (χ0v) is 16.8. The highest BCUT2D eigenvalue weighted by Crippen LogP contribution is 2.32. The Bertz CT molecular complexity index is 1200. The molecule has 31 heavy (non-hydrogen) atoms. The molecule has 1 fully saturated rings. The standard InChI is InChI=1S/C23H19N5O3/c1-15-11-25-19(12-24-15)23(29)28-13-17(14-28)30-20-10-6-5-9-18(20)22-26-21(27-31-22)16-7-3-2-4-8-16/h2-12,17H,13-14H2,1H3. The Hall–Kier alpha value is -4.07. The molecule has 0 atom stereocenters. The van der Waals surface area contributed by atoms with E-state index in [1.165, 1.54) is 6.20 Å². The van der Waals surface area contributed by atoms with E-state index < -0.39 is 0 Å². The van der Waals surface area contributed by atoms with Crippen LogP contribution in [0.25, 0.3) is 22.8 Å². The number of benzene rings is 2. The molecule has 8 nitrogen and oxygen atoms in total. The monoisotopic (exact) mass is 413 g/mol. The van der Waals surface area contributed by atoms with Gasteiger partial charge >= 0.3 is 0 Å². The smallest absolute Gasteiger partial charge is 0.274 e. The molecule has 1 aliphatic heterocycles. The van der Waals surface area contributed by atoms with E-state index in [1.807, 2.05) is 61.5 Å². The molecule has 5 rings (SSSR count). The van der Waals surface area contributed by atoms with Gasteiger partial charge in [0.25, 0.3) is 11.8 Å². The molecule has 0 bridgehead atoms. The molecule has 3 heterocycles. The predicted octanol–water partition coefficient (Wildman–Crippen LogP) is 3.41. The predicted molar refractivity (Wildman–Crippen MR) is 112 cm³/mol. The van der Waals surface area contributed by atoms with Crippen molar-refractivity contribution in [2.75, 3.05) is 13.1 Å². The molecule has 1 saturated heterocycles. The molecule has 4 aromatic rings. The van der Waals surface area contributed by atoms with Crippen LogP contribution in [0.2, 0.25) is 0 Å². The van der Waals surface area contributed by atoms with Crippen LogP contribution in [0.3, 0.4) is 0 Å². The summed E-state index contributed by atoms with van der Waals surface area (Å²) in [6.45, 7) is 2.78. The Balaban J connectivity index is 1.28. The van der Waals surface area contributed by atoms with Gasteiger partial charge in [-0.2, -0.15) is 4.98 Å². The van der Waals surface area contributed by atoms with Crippen molar-refractivity contribution < 1.29 is 14.1 Å². The SMILES string of the molecule is Cc1cnc(C(=O)N2CC(Oc3ccccc3-c3nc(-c4ccccc4)no3)C2)cn1. The van der Waals surface area contributed by atoms with Crippen LogP contribution in [-0.4, -0.2) is 50.1 Å². The van der Waals surface area contributed by atoms with E-state index in [1.54, 1.807) is 11.1 Å². The molecule has 0 aliphatic carbocycles. The van der Waals surface area contributed by atoms with Crippen LogP contribution >= 0.6 is 0 Å². The quantitative estimate of drug-likeness (QED) is 0.495. The summed E-state index contributed by atoms with van der Waals surface area (Å²) in [7, 11) is 0. The summed E-state index contributed by atoms with van der Waals surface area (Å²) in [4.78, 5) is 27.0. The lowest BCUT2D eigenvalue weighted by Gasteiger charge is -2.38. The first-order chi connectivity index (χ1) is 15.2. The third-order valence-electron chi connectivity index (χ3n) is 5.00. The van der Waals surface area contributed by atoms with Crippen molar-refractivity contribution in [3.8, 4) is 28.6 Å². The number of aryl methyl sites for hydroxylation is 1. The zero-order chi connectivity index (χ0) is 21.2. The molecule has 2 aromatic carbocycles. The number of ether oxygens (including phenoxy) is 1. The molecule has 0 N–H and O–H groups in total. The van der Waals surface area contributed by atoms with Crippen molar-refractivity contribution in [3.63, 3.8) is 0 Å². The number of hydrogen-bond acceptors (Lipinski definition) is 7. The van der Waals surface area contributed by atoms with Crippen molar-refractivity contribution in [2.45, 2.75) is 13.0 Å². The second-order valence-corrected chi connectivity index (χ2v) is 7.28. The maximum Gasteiger partial charge on any atom is 0.274 e. The average molecular weight is 413 g/mol. The fourth-order valence-electron chi connectivity index (χ4n) is 3.31. The Labute approximate surface area is 178 Å². The van der Waals surface area contributed by atoms with Crippen molar-refractivity contribution in [3.05, 3.63) is 78.4 Å². The third kappa shape index (κ3) is 3.87. The first-order valence-corrected chi connectivity index (χ1v) is 9.90. The van der Waals surface area contributed by atoms with Gasteiger partial charge in [-0.1, -0.05) is 47.6 Å². The second-order valence-electron chi connectivity index (χ2n) is 7.28. The average Bonchev–Trinajstić information content (AvgIpc) is 3.27. The lowest BCUT2D eigenvalue weighted by molar-refractivity contribution is 0.0174. The molecule has 154 valence electrons. The number of amides is 1. The molecule has 0 spiro atoms. The van der Waals surface area contributed by atoms with Crippen LogP contribution in [-0.2, 0) is 0 Å². The van der Waals surface area contributed by atoms with E-state index in [0.29, 0.717) is 41.8 Å². The summed E-state index contributed by atoms with van der Waals surface area (Å²) in [5.74, 6) is 1.39. The Morgan fingerprint density at radius 1 is 1.03 bits per heavy atom. The molecular formula is C23H19N5O3. The van der Waals surface area contributed by atoms with Crippen molar-refractivity contribution in [1.29, 1.82) is 0 Å². The number of carbonyl (C=O) groups excluding carboxylic acids is 1. The highest BCUT2D eigenvalue weighted by molar-refractivity contribution is 5.92. The Kier molecular flexibility index (Phi) is 4.87. The van der Waals surface area contributed by atoms with Gasteiger partial charge in [0.05, 0.1) is 30.5 Å². The summed E-state index contributed by atoms with van der Waals surface area (Å²) in [6.07, 6.45) is 2.96. The largest absolute Gasteiger partial charge is 0.486 e. The van der Waals surface area contributed by atoms with Gasteiger partial charge in [-0.3, -0.25) is 9.78 Å². The number of likely N-dealkylation sites (tertiary alicyclic amines) is 1. The van der Waals surface area contributed by atoms with E-state index in [9.17, 15) is 4.79 Å². The van der Waals surface area contributed by atoms with E-state index >= 15 is 0 Å². The summed E-state index contributed by atoms with van der Waals surface area (Å²) in [5.41, 5.74) is 2.70. The van der Waals surface area contributed by atoms with E-state index in [2.05, 4.69) is 20.1 Å². The van der Waals surface area contributed by atoms with Crippen LogP contribution in [0, 0.1) is 6.92 Å². The maximum atomic E-state index is 12.5. The van der Waals surface area contributed by atoms with Crippen LogP contribution in [0.1, 0.15) is 16.2 Å². The summed E-state index contributed by atoms with van der Waals surface area (Å²) in [5, 5.41) is 4.08. The van der Waals surface area contributed by atoms with Gasteiger partial charge in [0.2, 0.25) is 5.82 Å². The number of hydrogen-bond donors (Lipinski definition) is 0. The van der Waals surface area contributed by atoms with Crippen molar-refractivity contribution >= 4 is 5.91 Å². The van der Waals surface area contributed by atoms with Gasteiger partial charge in [-0.15, -0.1) is 0 Å². The first kappa shape index (κ1) is 18.9. The summed E-state index contributed by atoms with van der Waals surface area (Å²) < 4.78 is 11.6. The minimum atomic E-state index is -0.148. The van der Waals surface area contributed by atoms with E-state index in [0.717, 1.165) is 11.3 Å². The van der Waals surface area contributed by atoms with Gasteiger partial charge in [-0.05, 0) is 19.1 Å². The molecule has 1 aliphatic rings. The third-order valence-corrected chi connectivity index (χ3v) is 5.00. The van der Waals surface area contributed by atoms with Crippen LogP contribution in [0.15, 0.2) is 71.5 Å². The highest BCUT2D eigenvalue weighted by atomic mass is 16.5. The van der Waals surface area contributed by atoms with Gasteiger partial charge in [0, 0.05) is 11.8 Å².